The van der Waals surface area contributed by atoms with Crippen LogP contribution >= 0.6 is 0 Å². The summed E-state index contributed by atoms with van der Waals surface area (Å²) in [5, 5.41) is 6.78. The second kappa shape index (κ2) is 6.64. The fourth-order valence-corrected chi connectivity index (χ4v) is 2.09. The van der Waals surface area contributed by atoms with Crippen molar-refractivity contribution in [2.45, 2.75) is 32.9 Å². The second-order valence-corrected chi connectivity index (χ2v) is 5.72. The molecule has 1 fully saturated rings. The van der Waals surface area contributed by atoms with E-state index in [2.05, 4.69) is 72.7 Å². The van der Waals surface area contributed by atoms with Gasteiger partial charge in [0.1, 0.15) is 0 Å². The van der Waals surface area contributed by atoms with Gasteiger partial charge in [-0.05, 0) is 37.0 Å². The molecule has 0 amide bonds. The van der Waals surface area contributed by atoms with E-state index in [1.807, 2.05) is 0 Å². The molecule has 2 unspecified atom stereocenters. The van der Waals surface area contributed by atoms with Crippen LogP contribution in [-0.4, -0.2) is 32.6 Å². The summed E-state index contributed by atoms with van der Waals surface area (Å²) < 4.78 is 0. The van der Waals surface area contributed by atoms with Crippen LogP contribution in [-0.2, 0) is 6.54 Å². The molecule has 0 radical (unpaired) electrons. The molecule has 4 nitrogen and oxygen atoms in total. The van der Waals surface area contributed by atoms with E-state index in [0.717, 1.165) is 18.4 Å². The normalized spacial score (nSPS) is 21.5. The summed E-state index contributed by atoms with van der Waals surface area (Å²) in [6.45, 7) is 5.97. The van der Waals surface area contributed by atoms with Crippen molar-refractivity contribution >= 4 is 11.6 Å². The summed E-state index contributed by atoms with van der Waals surface area (Å²) in [5.74, 6) is 1.71. The SMILES string of the molecule is CCNC(=NCc1ccc(N(C)C)cc1)NC1CC1C. The highest BCUT2D eigenvalue weighted by Gasteiger charge is 2.33. The molecule has 2 N–H and O–H groups in total. The predicted octanol–water partition coefficient (Wildman–Crippen LogP) is 2.22. The summed E-state index contributed by atoms with van der Waals surface area (Å²) in [6, 6.07) is 9.15. The highest BCUT2D eigenvalue weighted by atomic mass is 15.2. The van der Waals surface area contributed by atoms with E-state index >= 15 is 0 Å². The van der Waals surface area contributed by atoms with Gasteiger partial charge in [0.15, 0.2) is 5.96 Å². The number of nitrogens with one attached hydrogen (secondary N) is 2. The van der Waals surface area contributed by atoms with Crippen molar-refractivity contribution in [3.8, 4) is 0 Å². The van der Waals surface area contributed by atoms with Crippen LogP contribution in [0.25, 0.3) is 0 Å². The molecule has 0 spiro atoms. The molecule has 2 atom stereocenters. The second-order valence-electron chi connectivity index (χ2n) is 5.72. The van der Waals surface area contributed by atoms with Crippen LogP contribution in [0.2, 0.25) is 0 Å². The standard InChI is InChI=1S/C16H26N4/c1-5-17-16(19-15-10-12(15)2)18-11-13-6-8-14(9-7-13)20(3)4/h6-9,12,15H,5,10-11H2,1-4H3,(H2,17,18,19). The quantitative estimate of drug-likeness (QED) is 0.639. The molecule has 0 aromatic heterocycles. The molecule has 0 aliphatic heterocycles. The van der Waals surface area contributed by atoms with Gasteiger partial charge >= 0.3 is 0 Å². The number of benzene rings is 1. The molecule has 4 heteroatoms. The Labute approximate surface area is 122 Å². The summed E-state index contributed by atoms with van der Waals surface area (Å²) in [4.78, 5) is 6.76. The van der Waals surface area contributed by atoms with E-state index in [1.165, 1.54) is 17.7 Å². The van der Waals surface area contributed by atoms with E-state index in [1.54, 1.807) is 0 Å². The Balaban J connectivity index is 1.93. The highest BCUT2D eigenvalue weighted by molar-refractivity contribution is 5.80. The third kappa shape index (κ3) is 4.15. The topological polar surface area (TPSA) is 39.7 Å². The summed E-state index contributed by atoms with van der Waals surface area (Å²) in [6.07, 6.45) is 1.25. The Morgan fingerprint density at radius 3 is 2.45 bits per heavy atom. The van der Waals surface area contributed by atoms with Crippen LogP contribution < -0.4 is 15.5 Å². The number of aliphatic imine (C=N–C) groups is 1. The molecule has 0 bridgehead atoms. The third-order valence-corrected chi connectivity index (χ3v) is 3.65. The van der Waals surface area contributed by atoms with Gasteiger partial charge in [0.25, 0.3) is 0 Å². The highest BCUT2D eigenvalue weighted by Crippen LogP contribution is 2.28. The van der Waals surface area contributed by atoms with E-state index in [4.69, 9.17) is 0 Å². The molecule has 0 heterocycles. The van der Waals surface area contributed by atoms with E-state index in [-0.39, 0.29) is 0 Å². The molecule has 0 saturated heterocycles. The first kappa shape index (κ1) is 14.7. The van der Waals surface area contributed by atoms with Crippen LogP contribution in [0.5, 0.6) is 0 Å². The fourth-order valence-electron chi connectivity index (χ4n) is 2.09. The number of nitrogens with zero attached hydrogens (tertiary/aromatic N) is 2. The predicted molar refractivity (Wildman–Crippen MR) is 86.3 cm³/mol. The van der Waals surface area contributed by atoms with Crippen molar-refractivity contribution < 1.29 is 0 Å². The first-order chi connectivity index (χ1) is 9.60. The zero-order chi connectivity index (χ0) is 14.5. The van der Waals surface area contributed by atoms with E-state index in [9.17, 15) is 0 Å². The molecular weight excluding hydrogens is 248 g/mol. The van der Waals surface area contributed by atoms with Crippen LogP contribution in [0.3, 0.4) is 0 Å². The summed E-state index contributed by atoms with van der Waals surface area (Å²) >= 11 is 0. The molecule has 1 aromatic rings. The first-order valence-electron chi connectivity index (χ1n) is 7.41. The van der Waals surface area contributed by atoms with Gasteiger partial charge in [-0.2, -0.15) is 0 Å². The van der Waals surface area contributed by atoms with Crippen molar-refractivity contribution in [3.05, 3.63) is 29.8 Å². The number of rotatable bonds is 5. The van der Waals surface area contributed by atoms with Crippen LogP contribution in [0, 0.1) is 5.92 Å². The van der Waals surface area contributed by atoms with Gasteiger partial charge < -0.3 is 15.5 Å². The van der Waals surface area contributed by atoms with Gasteiger partial charge in [-0.3, -0.25) is 0 Å². The maximum Gasteiger partial charge on any atom is 0.191 e. The third-order valence-electron chi connectivity index (χ3n) is 3.65. The lowest BCUT2D eigenvalue weighted by Gasteiger charge is -2.13. The van der Waals surface area contributed by atoms with Crippen LogP contribution in [0.1, 0.15) is 25.8 Å². The van der Waals surface area contributed by atoms with Gasteiger partial charge in [-0.25, -0.2) is 4.99 Å². The fraction of sp³-hybridized carbons (Fsp3) is 0.562. The van der Waals surface area contributed by atoms with Crippen molar-refractivity contribution in [2.24, 2.45) is 10.9 Å². The molecule has 20 heavy (non-hydrogen) atoms. The Morgan fingerprint density at radius 2 is 1.95 bits per heavy atom. The lowest BCUT2D eigenvalue weighted by Crippen LogP contribution is -2.39. The summed E-state index contributed by atoms with van der Waals surface area (Å²) in [7, 11) is 4.11. The number of hydrogen-bond donors (Lipinski definition) is 2. The Hall–Kier alpha value is -1.71. The van der Waals surface area contributed by atoms with Crippen LogP contribution in [0.4, 0.5) is 5.69 Å². The zero-order valence-electron chi connectivity index (χ0n) is 13.0. The Kier molecular flexibility index (Phi) is 4.88. The smallest absolute Gasteiger partial charge is 0.191 e. The van der Waals surface area contributed by atoms with Gasteiger partial charge in [0.2, 0.25) is 0 Å². The molecule has 1 aromatic carbocycles. The number of hydrogen-bond acceptors (Lipinski definition) is 2. The molecule has 2 rings (SSSR count). The monoisotopic (exact) mass is 274 g/mol. The van der Waals surface area contributed by atoms with Gasteiger partial charge in [-0.15, -0.1) is 0 Å². The lowest BCUT2D eigenvalue weighted by molar-refractivity contribution is 0.766. The van der Waals surface area contributed by atoms with Crippen molar-refractivity contribution in [2.75, 3.05) is 25.5 Å². The molecular formula is C16H26N4. The van der Waals surface area contributed by atoms with E-state index in [0.29, 0.717) is 12.6 Å². The Morgan fingerprint density at radius 1 is 1.30 bits per heavy atom. The number of anilines is 1. The van der Waals surface area contributed by atoms with Crippen molar-refractivity contribution in [1.82, 2.24) is 10.6 Å². The van der Waals surface area contributed by atoms with Crippen LogP contribution in [0.15, 0.2) is 29.3 Å². The largest absolute Gasteiger partial charge is 0.378 e. The van der Waals surface area contributed by atoms with Gasteiger partial charge in [0.05, 0.1) is 6.54 Å². The lowest BCUT2D eigenvalue weighted by atomic mass is 10.2. The van der Waals surface area contributed by atoms with Gasteiger partial charge in [0, 0.05) is 32.4 Å². The maximum atomic E-state index is 4.65. The summed E-state index contributed by atoms with van der Waals surface area (Å²) in [5.41, 5.74) is 2.45. The first-order valence-corrected chi connectivity index (χ1v) is 7.41. The number of guanidine groups is 1. The van der Waals surface area contributed by atoms with Crippen molar-refractivity contribution in [3.63, 3.8) is 0 Å². The molecule has 1 aliphatic rings. The van der Waals surface area contributed by atoms with Crippen molar-refractivity contribution in [1.29, 1.82) is 0 Å². The minimum atomic E-state index is 0.601. The van der Waals surface area contributed by atoms with Gasteiger partial charge in [-0.1, -0.05) is 19.1 Å². The van der Waals surface area contributed by atoms with E-state index < -0.39 is 0 Å². The average molecular weight is 274 g/mol. The minimum absolute atomic E-state index is 0.601. The molecule has 110 valence electrons. The molecule has 1 saturated carbocycles. The zero-order valence-corrected chi connectivity index (χ0v) is 13.0. The maximum absolute atomic E-state index is 4.65. The molecule has 1 aliphatic carbocycles. The average Bonchev–Trinajstić information content (AvgIpc) is 3.12. The Bertz CT molecular complexity index is 450. The minimum Gasteiger partial charge on any atom is -0.378 e.